The molecular formula is C19H23N5O2S. The summed E-state index contributed by atoms with van der Waals surface area (Å²) < 4.78 is 8.16. The predicted octanol–water partition coefficient (Wildman–Crippen LogP) is 2.32. The number of amides is 1. The van der Waals surface area contributed by atoms with E-state index in [1.807, 2.05) is 26.1 Å². The van der Waals surface area contributed by atoms with E-state index in [9.17, 15) is 4.79 Å². The highest BCUT2D eigenvalue weighted by Crippen LogP contribution is 2.31. The number of anilines is 1. The quantitative estimate of drug-likeness (QED) is 0.674. The fraction of sp³-hybridized carbons (Fsp3) is 0.421. The van der Waals surface area contributed by atoms with Gasteiger partial charge in [-0.3, -0.25) is 19.3 Å². The molecule has 0 atom stereocenters. The average molecular weight is 385 g/mol. The van der Waals surface area contributed by atoms with Crippen molar-refractivity contribution >= 4 is 32.6 Å². The number of benzene rings is 1. The van der Waals surface area contributed by atoms with Crippen LogP contribution in [-0.2, 0) is 11.8 Å². The molecular weight excluding hydrogens is 362 g/mol. The lowest BCUT2D eigenvalue weighted by Gasteiger charge is -2.29. The van der Waals surface area contributed by atoms with Crippen molar-refractivity contribution in [1.29, 1.82) is 0 Å². The van der Waals surface area contributed by atoms with Gasteiger partial charge in [0.05, 0.1) is 23.4 Å². The molecule has 0 spiro atoms. The first-order valence-electron chi connectivity index (χ1n) is 9.09. The molecule has 8 heteroatoms. The van der Waals surface area contributed by atoms with E-state index in [1.54, 1.807) is 33.2 Å². The van der Waals surface area contributed by atoms with Gasteiger partial charge in [-0.2, -0.15) is 5.10 Å². The number of fused-ring (bicyclic) bond motifs is 1. The smallest absolute Gasteiger partial charge is 0.280 e. The normalized spacial score (nSPS) is 15.3. The minimum absolute atomic E-state index is 0.111. The molecule has 1 saturated heterocycles. The lowest BCUT2D eigenvalue weighted by Crippen LogP contribution is -2.43. The number of aryl methyl sites for hydroxylation is 2. The summed E-state index contributed by atoms with van der Waals surface area (Å²) in [7, 11) is 1.82. The Bertz CT molecular complexity index is 945. The zero-order valence-corrected chi connectivity index (χ0v) is 16.4. The molecule has 2 aromatic heterocycles. The molecule has 0 aliphatic carbocycles. The highest BCUT2D eigenvalue weighted by atomic mass is 32.1. The molecule has 27 heavy (non-hydrogen) atoms. The highest BCUT2D eigenvalue weighted by Gasteiger charge is 2.24. The second-order valence-corrected chi connectivity index (χ2v) is 7.71. The molecule has 4 rings (SSSR count). The van der Waals surface area contributed by atoms with Crippen molar-refractivity contribution < 1.29 is 9.53 Å². The van der Waals surface area contributed by atoms with Gasteiger partial charge in [-0.25, -0.2) is 4.98 Å². The standard InChI is InChI=1S/C19H23N5O2S/c1-14-4-3-5-16-17(14)20-19(27-16)24(9-8-23-10-12-26-13-11-23)18(25)15-6-7-22(2)21-15/h3-7H,8-13H2,1-2H3. The van der Waals surface area contributed by atoms with Crippen LogP contribution in [0, 0.1) is 6.92 Å². The van der Waals surface area contributed by atoms with Crippen LogP contribution in [-0.4, -0.2) is 65.0 Å². The van der Waals surface area contributed by atoms with E-state index in [-0.39, 0.29) is 5.91 Å². The number of para-hydroxylation sites is 1. The van der Waals surface area contributed by atoms with Crippen molar-refractivity contribution in [3.63, 3.8) is 0 Å². The number of hydrogen-bond donors (Lipinski definition) is 0. The zero-order chi connectivity index (χ0) is 18.8. The Balaban J connectivity index is 1.63. The molecule has 0 unspecified atom stereocenters. The van der Waals surface area contributed by atoms with Gasteiger partial charge in [0, 0.05) is 39.4 Å². The monoisotopic (exact) mass is 385 g/mol. The predicted molar refractivity (Wildman–Crippen MR) is 107 cm³/mol. The summed E-state index contributed by atoms with van der Waals surface area (Å²) in [6, 6.07) is 7.88. The molecule has 1 aliphatic rings. The molecule has 1 aliphatic heterocycles. The van der Waals surface area contributed by atoms with Crippen molar-refractivity contribution in [3.05, 3.63) is 41.7 Å². The number of rotatable bonds is 5. The van der Waals surface area contributed by atoms with Crippen LogP contribution in [0.3, 0.4) is 0 Å². The van der Waals surface area contributed by atoms with Crippen molar-refractivity contribution in [3.8, 4) is 0 Å². The van der Waals surface area contributed by atoms with Crippen LogP contribution in [0.15, 0.2) is 30.5 Å². The second-order valence-electron chi connectivity index (χ2n) is 6.70. The Morgan fingerprint density at radius 1 is 1.30 bits per heavy atom. The maximum absolute atomic E-state index is 13.2. The van der Waals surface area contributed by atoms with E-state index in [4.69, 9.17) is 9.72 Å². The first-order chi connectivity index (χ1) is 13.1. The molecule has 3 heterocycles. The summed E-state index contributed by atoms with van der Waals surface area (Å²) in [6.07, 6.45) is 1.79. The second kappa shape index (κ2) is 7.75. The van der Waals surface area contributed by atoms with Gasteiger partial charge in [-0.05, 0) is 24.6 Å². The van der Waals surface area contributed by atoms with Crippen LogP contribution in [0.4, 0.5) is 5.13 Å². The SMILES string of the molecule is Cc1cccc2sc(N(CCN3CCOCC3)C(=O)c3ccn(C)n3)nc12. The molecule has 1 aromatic carbocycles. The molecule has 0 saturated carbocycles. The fourth-order valence-corrected chi connectivity index (χ4v) is 4.28. The van der Waals surface area contributed by atoms with E-state index < -0.39 is 0 Å². The Labute approximate surface area is 162 Å². The minimum atomic E-state index is -0.111. The van der Waals surface area contributed by atoms with Crippen molar-refractivity contribution in [2.45, 2.75) is 6.92 Å². The third-order valence-corrected chi connectivity index (χ3v) is 5.81. The number of thiazole rings is 1. The largest absolute Gasteiger partial charge is 0.379 e. The lowest BCUT2D eigenvalue weighted by atomic mass is 10.2. The summed E-state index contributed by atoms with van der Waals surface area (Å²) in [5.74, 6) is -0.111. The van der Waals surface area contributed by atoms with Gasteiger partial charge in [-0.15, -0.1) is 0 Å². The van der Waals surface area contributed by atoms with Crippen molar-refractivity contribution in [2.24, 2.45) is 7.05 Å². The molecule has 142 valence electrons. The van der Waals surface area contributed by atoms with Crippen molar-refractivity contribution in [1.82, 2.24) is 19.7 Å². The van der Waals surface area contributed by atoms with E-state index >= 15 is 0 Å². The number of hydrogen-bond acceptors (Lipinski definition) is 6. The molecule has 1 amide bonds. The van der Waals surface area contributed by atoms with Crippen LogP contribution < -0.4 is 4.90 Å². The van der Waals surface area contributed by atoms with Gasteiger partial charge in [-0.1, -0.05) is 23.5 Å². The lowest BCUT2D eigenvalue weighted by molar-refractivity contribution is 0.0391. The maximum atomic E-state index is 13.2. The van der Waals surface area contributed by atoms with Gasteiger partial charge in [0.15, 0.2) is 10.8 Å². The Hall–Kier alpha value is -2.29. The van der Waals surface area contributed by atoms with Crippen LogP contribution >= 0.6 is 11.3 Å². The summed E-state index contributed by atoms with van der Waals surface area (Å²) in [5, 5.41) is 5.02. The van der Waals surface area contributed by atoms with Crippen LogP contribution in [0.1, 0.15) is 16.1 Å². The van der Waals surface area contributed by atoms with Gasteiger partial charge in [0.1, 0.15) is 0 Å². The topological polar surface area (TPSA) is 63.5 Å². The summed E-state index contributed by atoms with van der Waals surface area (Å²) in [5.41, 5.74) is 2.52. The average Bonchev–Trinajstić information content (AvgIpc) is 3.30. The first-order valence-corrected chi connectivity index (χ1v) is 9.91. The van der Waals surface area contributed by atoms with Crippen LogP contribution in [0.2, 0.25) is 0 Å². The molecule has 0 N–H and O–H groups in total. The van der Waals surface area contributed by atoms with Gasteiger partial charge in [0.25, 0.3) is 5.91 Å². The third-order valence-electron chi connectivity index (χ3n) is 4.76. The van der Waals surface area contributed by atoms with E-state index in [2.05, 4.69) is 16.1 Å². The third kappa shape index (κ3) is 3.87. The summed E-state index contributed by atoms with van der Waals surface area (Å²) >= 11 is 1.55. The highest BCUT2D eigenvalue weighted by molar-refractivity contribution is 7.22. The van der Waals surface area contributed by atoms with Gasteiger partial charge in [0.2, 0.25) is 0 Å². The zero-order valence-electron chi connectivity index (χ0n) is 15.6. The number of carbonyl (C=O) groups is 1. The number of aromatic nitrogens is 3. The first kappa shape index (κ1) is 18.1. The summed E-state index contributed by atoms with van der Waals surface area (Å²) in [6.45, 7) is 6.69. The van der Waals surface area contributed by atoms with Crippen molar-refractivity contribution in [2.75, 3.05) is 44.3 Å². The van der Waals surface area contributed by atoms with Crippen LogP contribution in [0.25, 0.3) is 10.2 Å². The van der Waals surface area contributed by atoms with E-state index in [1.165, 1.54) is 0 Å². The summed E-state index contributed by atoms with van der Waals surface area (Å²) in [4.78, 5) is 22.0. The Morgan fingerprint density at radius 2 is 2.11 bits per heavy atom. The Morgan fingerprint density at radius 3 is 2.81 bits per heavy atom. The molecule has 0 radical (unpaired) electrons. The number of ether oxygens (including phenoxy) is 1. The number of carbonyl (C=O) groups excluding carboxylic acids is 1. The minimum Gasteiger partial charge on any atom is -0.379 e. The number of morpholine rings is 1. The van der Waals surface area contributed by atoms with E-state index in [0.29, 0.717) is 12.2 Å². The fourth-order valence-electron chi connectivity index (χ4n) is 3.21. The molecule has 0 bridgehead atoms. The molecule has 7 nitrogen and oxygen atoms in total. The van der Waals surface area contributed by atoms with E-state index in [0.717, 1.165) is 53.8 Å². The van der Waals surface area contributed by atoms with Gasteiger partial charge < -0.3 is 4.74 Å². The van der Waals surface area contributed by atoms with Crippen LogP contribution in [0.5, 0.6) is 0 Å². The Kier molecular flexibility index (Phi) is 5.20. The number of nitrogens with zero attached hydrogens (tertiary/aromatic N) is 5. The molecule has 1 fully saturated rings. The maximum Gasteiger partial charge on any atom is 0.280 e. The van der Waals surface area contributed by atoms with Gasteiger partial charge >= 0.3 is 0 Å². The molecule has 3 aromatic rings.